The average molecular weight is 263 g/mol. The van der Waals surface area contributed by atoms with E-state index >= 15 is 0 Å². The quantitative estimate of drug-likeness (QED) is 0.903. The van der Waals surface area contributed by atoms with Crippen molar-refractivity contribution >= 4 is 11.6 Å². The van der Waals surface area contributed by atoms with Crippen LogP contribution in [0.5, 0.6) is 0 Å². The highest BCUT2D eigenvalue weighted by Crippen LogP contribution is 2.20. The zero-order chi connectivity index (χ0) is 12.5. The minimum absolute atomic E-state index is 0.246. The Morgan fingerprint density at radius 1 is 1.44 bits per heavy atom. The summed E-state index contributed by atoms with van der Waals surface area (Å²) in [7, 11) is 0. The third-order valence-corrected chi connectivity index (χ3v) is 3.63. The third-order valence-electron chi connectivity index (χ3n) is 3.40. The summed E-state index contributed by atoms with van der Waals surface area (Å²) in [6, 6.07) is 7.83. The summed E-state index contributed by atoms with van der Waals surface area (Å²) < 4.78 is 2.13. The standard InChI is InChI=1S/C14H15ClN2O/c15-11-3-1-2-10(6-11)7-14-16-8-12-4-5-13(18)9-17(12)14/h1-3,6,8,13,18H,4-5,7,9H2. The molecular formula is C14H15ClN2O. The van der Waals surface area contributed by atoms with Crippen LogP contribution in [0.25, 0.3) is 0 Å². The molecule has 0 saturated carbocycles. The molecule has 2 aromatic rings. The van der Waals surface area contributed by atoms with Gasteiger partial charge < -0.3 is 9.67 Å². The van der Waals surface area contributed by atoms with Gasteiger partial charge in [-0.15, -0.1) is 0 Å². The molecule has 94 valence electrons. The maximum Gasteiger partial charge on any atom is 0.113 e. The number of hydrogen-bond acceptors (Lipinski definition) is 2. The number of fused-ring (bicyclic) bond motifs is 1. The molecule has 1 unspecified atom stereocenters. The summed E-state index contributed by atoms with van der Waals surface area (Å²) in [5.74, 6) is 1.01. The van der Waals surface area contributed by atoms with Crippen LogP contribution >= 0.6 is 11.6 Å². The van der Waals surface area contributed by atoms with E-state index in [-0.39, 0.29) is 6.10 Å². The number of imidazole rings is 1. The molecule has 18 heavy (non-hydrogen) atoms. The van der Waals surface area contributed by atoms with E-state index in [0.717, 1.165) is 35.7 Å². The third kappa shape index (κ3) is 2.28. The van der Waals surface area contributed by atoms with E-state index in [1.807, 2.05) is 30.5 Å². The molecular weight excluding hydrogens is 248 g/mol. The predicted octanol–water partition coefficient (Wildman–Crippen LogP) is 2.43. The molecule has 3 nitrogen and oxygen atoms in total. The number of halogens is 1. The van der Waals surface area contributed by atoms with Crippen LogP contribution in [-0.4, -0.2) is 20.8 Å². The first kappa shape index (κ1) is 11.8. The molecule has 0 bridgehead atoms. The van der Waals surface area contributed by atoms with Gasteiger partial charge in [-0.05, 0) is 30.5 Å². The molecule has 1 aromatic carbocycles. The van der Waals surface area contributed by atoms with E-state index in [0.29, 0.717) is 6.54 Å². The van der Waals surface area contributed by atoms with Gasteiger partial charge in [0.15, 0.2) is 0 Å². The van der Waals surface area contributed by atoms with E-state index < -0.39 is 0 Å². The number of hydrogen-bond donors (Lipinski definition) is 1. The monoisotopic (exact) mass is 262 g/mol. The number of benzene rings is 1. The molecule has 0 fully saturated rings. The molecule has 0 saturated heterocycles. The van der Waals surface area contributed by atoms with Gasteiger partial charge in [-0.25, -0.2) is 4.98 Å². The second-order valence-electron chi connectivity index (χ2n) is 4.78. The van der Waals surface area contributed by atoms with Gasteiger partial charge in [-0.1, -0.05) is 23.7 Å². The molecule has 1 aliphatic rings. The van der Waals surface area contributed by atoms with Gasteiger partial charge in [0.05, 0.1) is 12.6 Å². The summed E-state index contributed by atoms with van der Waals surface area (Å²) in [5, 5.41) is 10.5. The fourth-order valence-electron chi connectivity index (χ4n) is 2.46. The predicted molar refractivity (Wildman–Crippen MR) is 70.8 cm³/mol. The zero-order valence-electron chi connectivity index (χ0n) is 10.0. The van der Waals surface area contributed by atoms with E-state index in [1.165, 1.54) is 5.69 Å². The molecule has 0 amide bonds. The molecule has 1 N–H and O–H groups in total. The molecule has 0 spiro atoms. The largest absolute Gasteiger partial charge is 0.391 e. The average Bonchev–Trinajstić information content (AvgIpc) is 2.72. The molecule has 1 atom stereocenters. The number of rotatable bonds is 2. The molecule has 2 heterocycles. The molecule has 1 aliphatic heterocycles. The van der Waals surface area contributed by atoms with Crippen LogP contribution in [0.4, 0.5) is 0 Å². The molecule has 1 aromatic heterocycles. The van der Waals surface area contributed by atoms with Gasteiger partial charge in [0.1, 0.15) is 5.82 Å². The number of aromatic nitrogens is 2. The lowest BCUT2D eigenvalue weighted by molar-refractivity contribution is 0.130. The van der Waals surface area contributed by atoms with E-state index in [4.69, 9.17) is 11.6 Å². The summed E-state index contributed by atoms with van der Waals surface area (Å²) in [5.41, 5.74) is 2.37. The molecule has 3 rings (SSSR count). The second kappa shape index (κ2) is 4.75. The Labute approximate surface area is 111 Å². The zero-order valence-corrected chi connectivity index (χ0v) is 10.8. The van der Waals surface area contributed by atoms with Gasteiger partial charge in [0, 0.05) is 23.3 Å². The van der Waals surface area contributed by atoms with Crippen LogP contribution in [0.15, 0.2) is 30.5 Å². The van der Waals surface area contributed by atoms with Gasteiger partial charge in [-0.3, -0.25) is 0 Å². The summed E-state index contributed by atoms with van der Waals surface area (Å²) >= 11 is 5.98. The smallest absolute Gasteiger partial charge is 0.113 e. The minimum atomic E-state index is -0.246. The fraction of sp³-hybridized carbons (Fsp3) is 0.357. The SMILES string of the molecule is OC1CCc2cnc(Cc3cccc(Cl)c3)n2C1. The number of aryl methyl sites for hydroxylation is 1. The van der Waals surface area contributed by atoms with Gasteiger partial charge in [0.25, 0.3) is 0 Å². The Hall–Kier alpha value is -1.32. The highest BCUT2D eigenvalue weighted by Gasteiger charge is 2.19. The van der Waals surface area contributed by atoms with Crippen LogP contribution in [0.3, 0.4) is 0 Å². The Morgan fingerprint density at radius 3 is 3.17 bits per heavy atom. The Bertz CT molecular complexity index is 565. The first-order valence-corrected chi connectivity index (χ1v) is 6.56. The topological polar surface area (TPSA) is 38.1 Å². The van der Waals surface area contributed by atoms with Crippen molar-refractivity contribution in [2.24, 2.45) is 0 Å². The van der Waals surface area contributed by atoms with Crippen molar-refractivity contribution in [3.63, 3.8) is 0 Å². The van der Waals surface area contributed by atoms with E-state index in [2.05, 4.69) is 9.55 Å². The van der Waals surface area contributed by atoms with Crippen molar-refractivity contribution in [1.29, 1.82) is 0 Å². The molecule has 4 heteroatoms. The van der Waals surface area contributed by atoms with E-state index in [9.17, 15) is 5.11 Å². The molecule has 0 radical (unpaired) electrons. The van der Waals surface area contributed by atoms with Crippen molar-refractivity contribution in [2.75, 3.05) is 0 Å². The summed E-state index contributed by atoms with van der Waals surface area (Å²) in [4.78, 5) is 4.47. The highest BCUT2D eigenvalue weighted by molar-refractivity contribution is 6.30. The van der Waals surface area contributed by atoms with Crippen LogP contribution in [-0.2, 0) is 19.4 Å². The number of nitrogens with zero attached hydrogens (tertiary/aromatic N) is 2. The Morgan fingerprint density at radius 2 is 2.33 bits per heavy atom. The maximum absolute atomic E-state index is 9.74. The van der Waals surface area contributed by atoms with Crippen molar-refractivity contribution in [3.05, 3.63) is 52.6 Å². The summed E-state index contributed by atoms with van der Waals surface area (Å²) in [6.07, 6.45) is 4.18. The lowest BCUT2D eigenvalue weighted by Gasteiger charge is -2.21. The lowest BCUT2D eigenvalue weighted by atomic mass is 10.1. The van der Waals surface area contributed by atoms with Crippen molar-refractivity contribution < 1.29 is 5.11 Å². The van der Waals surface area contributed by atoms with Crippen LogP contribution < -0.4 is 0 Å². The van der Waals surface area contributed by atoms with Gasteiger partial charge in [-0.2, -0.15) is 0 Å². The van der Waals surface area contributed by atoms with Crippen molar-refractivity contribution in [3.8, 4) is 0 Å². The van der Waals surface area contributed by atoms with Crippen molar-refractivity contribution in [2.45, 2.75) is 31.9 Å². The highest BCUT2D eigenvalue weighted by atomic mass is 35.5. The minimum Gasteiger partial charge on any atom is -0.391 e. The van der Waals surface area contributed by atoms with Crippen LogP contribution in [0, 0.1) is 0 Å². The van der Waals surface area contributed by atoms with Gasteiger partial charge in [0.2, 0.25) is 0 Å². The first-order valence-electron chi connectivity index (χ1n) is 6.18. The maximum atomic E-state index is 9.74. The van der Waals surface area contributed by atoms with E-state index in [1.54, 1.807) is 0 Å². The second-order valence-corrected chi connectivity index (χ2v) is 5.21. The normalized spacial score (nSPS) is 18.7. The molecule has 0 aliphatic carbocycles. The number of aliphatic hydroxyl groups is 1. The van der Waals surface area contributed by atoms with Crippen molar-refractivity contribution in [1.82, 2.24) is 9.55 Å². The van der Waals surface area contributed by atoms with Gasteiger partial charge >= 0.3 is 0 Å². The number of aliphatic hydroxyl groups excluding tert-OH is 1. The Balaban J connectivity index is 1.87. The van der Waals surface area contributed by atoms with Crippen LogP contribution in [0.1, 0.15) is 23.5 Å². The fourth-order valence-corrected chi connectivity index (χ4v) is 2.68. The first-order chi connectivity index (χ1) is 8.72. The summed E-state index contributed by atoms with van der Waals surface area (Å²) in [6.45, 7) is 0.658. The lowest BCUT2D eigenvalue weighted by Crippen LogP contribution is -2.25. The Kier molecular flexibility index (Phi) is 3.10. The van der Waals surface area contributed by atoms with Crippen LogP contribution in [0.2, 0.25) is 5.02 Å².